The van der Waals surface area contributed by atoms with E-state index >= 15 is 0 Å². The highest BCUT2D eigenvalue weighted by Crippen LogP contribution is 2.36. The lowest BCUT2D eigenvalue weighted by atomic mass is 9.73. The zero-order chi connectivity index (χ0) is 21.2. The third kappa shape index (κ3) is 2.10. The molecule has 1 aliphatic rings. The van der Waals surface area contributed by atoms with Crippen LogP contribution in [0.3, 0.4) is 0 Å². The summed E-state index contributed by atoms with van der Waals surface area (Å²) < 4.78 is 81.5. The molecular formula is C15H23BO2. The lowest BCUT2D eigenvalue weighted by Crippen LogP contribution is -2.41. The Kier molecular flexibility index (Phi) is 1.39. The van der Waals surface area contributed by atoms with Gasteiger partial charge in [-0.25, -0.2) is 0 Å². The van der Waals surface area contributed by atoms with Crippen LogP contribution in [0.15, 0.2) is 12.1 Å². The van der Waals surface area contributed by atoms with Crippen LogP contribution in [-0.2, 0) is 9.31 Å². The van der Waals surface area contributed by atoms with Crippen molar-refractivity contribution in [1.82, 2.24) is 0 Å². The van der Waals surface area contributed by atoms with Gasteiger partial charge in [0.05, 0.1) is 11.2 Å². The van der Waals surface area contributed by atoms with Gasteiger partial charge in [0.15, 0.2) is 0 Å². The van der Waals surface area contributed by atoms with Crippen molar-refractivity contribution in [2.45, 2.75) is 59.5 Å². The SMILES string of the molecule is [2H]C([2H])([2H])c1cc(C([2H])([2H])[2H])c(B2OC(C)(C)C(C)(C)O2)c(C([2H])([2H])[2H])c1. The maximum absolute atomic E-state index is 7.83. The van der Waals surface area contributed by atoms with E-state index in [2.05, 4.69) is 0 Å². The van der Waals surface area contributed by atoms with Crippen LogP contribution in [0.25, 0.3) is 0 Å². The van der Waals surface area contributed by atoms with Gasteiger partial charge in [-0.3, -0.25) is 0 Å². The van der Waals surface area contributed by atoms with Gasteiger partial charge < -0.3 is 9.31 Å². The summed E-state index contributed by atoms with van der Waals surface area (Å²) in [5, 5.41) is 0. The zero-order valence-electron chi connectivity index (χ0n) is 20.0. The lowest BCUT2D eigenvalue weighted by molar-refractivity contribution is 0.00578. The molecule has 0 atom stereocenters. The average molecular weight is 255 g/mol. The van der Waals surface area contributed by atoms with Crippen molar-refractivity contribution in [2.24, 2.45) is 0 Å². The standard InChI is InChI=1S/C15H23BO2/c1-10-8-11(2)13(12(3)9-10)16-17-14(4,5)15(6,7)18-16/h8-9H,1-7H3/i1D3,2D3,3D3. The Labute approximate surface area is 123 Å². The average Bonchev–Trinajstić information content (AvgIpc) is 2.62. The molecule has 0 aliphatic carbocycles. The monoisotopic (exact) mass is 255 g/mol. The summed E-state index contributed by atoms with van der Waals surface area (Å²) in [7, 11) is -1.24. The number of hydrogen-bond acceptors (Lipinski definition) is 2. The molecule has 0 N–H and O–H groups in total. The summed E-state index contributed by atoms with van der Waals surface area (Å²) in [5.74, 6) is 0. The van der Waals surface area contributed by atoms with E-state index in [0.717, 1.165) is 12.1 Å². The van der Waals surface area contributed by atoms with Crippen molar-refractivity contribution in [1.29, 1.82) is 0 Å². The molecule has 0 saturated carbocycles. The highest BCUT2D eigenvalue weighted by molar-refractivity contribution is 6.63. The van der Waals surface area contributed by atoms with Crippen LogP contribution in [0.1, 0.15) is 56.7 Å². The van der Waals surface area contributed by atoms with Crippen LogP contribution < -0.4 is 5.46 Å². The van der Waals surface area contributed by atoms with Crippen LogP contribution in [0.5, 0.6) is 0 Å². The van der Waals surface area contributed by atoms with E-state index in [1.807, 2.05) is 0 Å². The molecule has 0 aromatic heterocycles. The Morgan fingerprint density at radius 2 is 1.44 bits per heavy atom. The smallest absolute Gasteiger partial charge is 0.399 e. The summed E-state index contributed by atoms with van der Waals surface area (Å²) >= 11 is 0. The molecule has 2 nitrogen and oxygen atoms in total. The number of benzene rings is 1. The zero-order valence-corrected chi connectivity index (χ0v) is 11.0. The van der Waals surface area contributed by atoms with Crippen molar-refractivity contribution in [3.63, 3.8) is 0 Å². The summed E-state index contributed by atoms with van der Waals surface area (Å²) in [4.78, 5) is 0. The van der Waals surface area contributed by atoms with Crippen molar-refractivity contribution >= 4 is 12.6 Å². The molecule has 1 aliphatic heterocycles. The van der Waals surface area contributed by atoms with Gasteiger partial charge in [-0.2, -0.15) is 0 Å². The highest BCUT2D eigenvalue weighted by atomic mass is 16.7. The number of hydrogen-bond donors (Lipinski definition) is 0. The van der Waals surface area contributed by atoms with Crippen LogP contribution in [0.2, 0.25) is 0 Å². The largest absolute Gasteiger partial charge is 0.495 e. The van der Waals surface area contributed by atoms with Crippen LogP contribution in [0, 0.1) is 20.6 Å². The van der Waals surface area contributed by atoms with E-state index in [4.69, 9.17) is 21.6 Å². The fourth-order valence-corrected chi connectivity index (χ4v) is 1.87. The van der Waals surface area contributed by atoms with Gasteiger partial charge in [-0.1, -0.05) is 28.8 Å². The first kappa shape index (κ1) is 6.10. The van der Waals surface area contributed by atoms with E-state index in [1.54, 1.807) is 27.7 Å². The van der Waals surface area contributed by atoms with Crippen molar-refractivity contribution in [3.8, 4) is 0 Å². The van der Waals surface area contributed by atoms with Gasteiger partial charge in [0.2, 0.25) is 0 Å². The molecule has 0 unspecified atom stereocenters. The quantitative estimate of drug-likeness (QED) is 0.718. The molecule has 98 valence electrons. The highest BCUT2D eigenvalue weighted by Gasteiger charge is 2.52. The van der Waals surface area contributed by atoms with E-state index in [0.29, 0.717) is 0 Å². The first-order chi connectivity index (χ1) is 11.8. The van der Waals surface area contributed by atoms with Crippen LogP contribution in [-0.4, -0.2) is 18.3 Å². The molecule has 1 aromatic carbocycles. The lowest BCUT2D eigenvalue weighted by Gasteiger charge is -2.32. The second-order valence-electron chi connectivity index (χ2n) is 5.57. The Hall–Kier alpha value is -0.795. The van der Waals surface area contributed by atoms with Crippen LogP contribution in [0.4, 0.5) is 0 Å². The molecule has 2 rings (SSSR count). The second-order valence-corrected chi connectivity index (χ2v) is 5.57. The van der Waals surface area contributed by atoms with Gasteiger partial charge in [0, 0.05) is 12.3 Å². The Morgan fingerprint density at radius 3 is 1.83 bits per heavy atom. The van der Waals surface area contributed by atoms with Crippen molar-refractivity contribution in [3.05, 3.63) is 28.8 Å². The molecular weight excluding hydrogens is 223 g/mol. The topological polar surface area (TPSA) is 18.5 Å². The predicted molar refractivity (Wildman–Crippen MR) is 76.4 cm³/mol. The summed E-state index contributed by atoms with van der Waals surface area (Å²) in [6.07, 6.45) is 0. The minimum atomic E-state index is -2.75. The molecule has 1 saturated heterocycles. The van der Waals surface area contributed by atoms with E-state index in [9.17, 15) is 0 Å². The van der Waals surface area contributed by atoms with Gasteiger partial charge >= 0.3 is 7.12 Å². The fourth-order valence-electron chi connectivity index (χ4n) is 1.87. The van der Waals surface area contributed by atoms with E-state index in [-0.39, 0.29) is 22.2 Å². The molecule has 0 bridgehead atoms. The molecule has 0 amide bonds. The van der Waals surface area contributed by atoms with Gasteiger partial charge in [-0.15, -0.1) is 0 Å². The molecule has 0 spiro atoms. The normalized spacial score (nSPS) is 30.9. The van der Waals surface area contributed by atoms with E-state index in [1.165, 1.54) is 0 Å². The molecule has 1 aromatic rings. The molecule has 18 heavy (non-hydrogen) atoms. The summed E-state index contributed by atoms with van der Waals surface area (Å²) in [6, 6.07) is 2.02. The van der Waals surface area contributed by atoms with Gasteiger partial charge in [0.25, 0.3) is 0 Å². The third-order valence-corrected chi connectivity index (χ3v) is 3.67. The first-order valence-electron chi connectivity index (χ1n) is 10.3. The van der Waals surface area contributed by atoms with Crippen LogP contribution >= 0.6 is 0 Å². The maximum atomic E-state index is 7.83. The minimum Gasteiger partial charge on any atom is -0.399 e. The van der Waals surface area contributed by atoms with Crippen molar-refractivity contribution < 1.29 is 21.6 Å². The van der Waals surface area contributed by atoms with Crippen molar-refractivity contribution in [2.75, 3.05) is 0 Å². The molecule has 3 heteroatoms. The van der Waals surface area contributed by atoms with Gasteiger partial charge in [-0.05, 0) is 53.7 Å². The summed E-state index contributed by atoms with van der Waals surface area (Å²) in [5.41, 5.74) is -2.92. The third-order valence-electron chi connectivity index (χ3n) is 3.67. The summed E-state index contributed by atoms with van der Waals surface area (Å²) in [6.45, 7) is -1.13. The fraction of sp³-hybridized carbons (Fsp3) is 0.600. The maximum Gasteiger partial charge on any atom is 0.495 e. The first-order valence-corrected chi connectivity index (χ1v) is 5.82. The van der Waals surface area contributed by atoms with E-state index < -0.39 is 38.9 Å². The Morgan fingerprint density at radius 1 is 0.944 bits per heavy atom. The second kappa shape index (κ2) is 4.11. The molecule has 1 heterocycles. The number of aryl methyl sites for hydroxylation is 3. The Balaban J connectivity index is 2.83. The molecule has 1 fully saturated rings. The number of rotatable bonds is 1. The molecule has 0 radical (unpaired) electrons. The minimum absolute atomic E-state index is 0.151. The predicted octanol–water partition coefficient (Wildman–Crippen LogP) is 2.91. The van der Waals surface area contributed by atoms with Gasteiger partial charge in [0.1, 0.15) is 0 Å². The Bertz CT molecular complexity index is 681.